The number of nitrogens with one attached hydrogen (secondary N) is 1. The first-order chi connectivity index (χ1) is 9.60. The number of hydrogen-bond donors (Lipinski definition) is 2. The molecule has 6 heteroatoms. The van der Waals surface area contributed by atoms with Gasteiger partial charge in [-0.25, -0.2) is 0 Å². The summed E-state index contributed by atoms with van der Waals surface area (Å²) in [5.74, 6) is 0.447. The van der Waals surface area contributed by atoms with Crippen LogP contribution >= 0.6 is 27.5 Å². The Labute approximate surface area is 130 Å². The normalized spacial score (nSPS) is 10.8. The van der Waals surface area contributed by atoms with Crippen LogP contribution in [0, 0.1) is 0 Å². The maximum atomic E-state index is 9.71. The summed E-state index contributed by atoms with van der Waals surface area (Å²) < 4.78 is 5.61. The van der Waals surface area contributed by atoms with Crippen LogP contribution in [0.1, 0.15) is 5.56 Å². The van der Waals surface area contributed by atoms with Crippen LogP contribution in [0.25, 0.3) is 0 Å². The molecule has 2 rings (SSSR count). The lowest BCUT2D eigenvalue weighted by Gasteiger charge is -2.06. The molecule has 2 aromatic rings. The number of methoxy groups -OCH3 is 1. The number of hydrogen-bond acceptors (Lipinski definition) is 4. The lowest BCUT2D eigenvalue weighted by atomic mass is 10.2. The molecular formula is C14H12BrClN2O2. The van der Waals surface area contributed by atoms with E-state index in [4.69, 9.17) is 16.3 Å². The Morgan fingerprint density at radius 2 is 2.00 bits per heavy atom. The summed E-state index contributed by atoms with van der Waals surface area (Å²) in [6.45, 7) is 0. The molecular weight excluding hydrogens is 344 g/mol. The minimum atomic E-state index is 0.0651. The van der Waals surface area contributed by atoms with E-state index in [9.17, 15) is 5.11 Å². The second kappa shape index (κ2) is 6.63. The highest BCUT2D eigenvalue weighted by atomic mass is 79.9. The minimum absolute atomic E-state index is 0.0651. The number of hydrazone groups is 1. The number of rotatable bonds is 4. The first-order valence-corrected chi connectivity index (χ1v) is 6.88. The third-order valence-electron chi connectivity index (χ3n) is 2.52. The Morgan fingerprint density at radius 3 is 2.65 bits per heavy atom. The van der Waals surface area contributed by atoms with Crippen LogP contribution < -0.4 is 10.2 Å². The topological polar surface area (TPSA) is 53.8 Å². The average Bonchev–Trinajstić information content (AvgIpc) is 2.44. The third kappa shape index (κ3) is 3.65. The first-order valence-electron chi connectivity index (χ1n) is 5.71. The van der Waals surface area contributed by atoms with Gasteiger partial charge in [-0.2, -0.15) is 5.10 Å². The molecule has 2 N–H and O–H groups in total. The van der Waals surface area contributed by atoms with Crippen LogP contribution in [0.15, 0.2) is 46.0 Å². The molecule has 0 unspecified atom stereocenters. The van der Waals surface area contributed by atoms with Gasteiger partial charge in [-0.3, -0.25) is 5.43 Å². The molecule has 0 radical (unpaired) electrons. The maximum Gasteiger partial charge on any atom is 0.172 e. The quantitative estimate of drug-likeness (QED) is 0.636. The van der Waals surface area contributed by atoms with Crippen LogP contribution in [0.5, 0.6) is 11.5 Å². The van der Waals surface area contributed by atoms with Crippen molar-refractivity contribution in [2.75, 3.05) is 12.5 Å². The van der Waals surface area contributed by atoms with Crippen LogP contribution in [0.3, 0.4) is 0 Å². The van der Waals surface area contributed by atoms with E-state index in [0.717, 1.165) is 11.3 Å². The van der Waals surface area contributed by atoms with E-state index >= 15 is 0 Å². The number of halogens is 2. The molecule has 0 aliphatic heterocycles. The Kier molecular flexibility index (Phi) is 4.87. The smallest absolute Gasteiger partial charge is 0.172 e. The molecule has 0 spiro atoms. The van der Waals surface area contributed by atoms with Crippen molar-refractivity contribution in [1.82, 2.24) is 0 Å². The SMILES string of the molecule is COc1cc(C=NNc2ccc(Cl)cc2)cc(Br)c1O. The van der Waals surface area contributed by atoms with Crippen LogP contribution in [0.4, 0.5) is 5.69 Å². The molecule has 0 amide bonds. The molecule has 20 heavy (non-hydrogen) atoms. The van der Waals surface area contributed by atoms with Crippen molar-refractivity contribution in [3.8, 4) is 11.5 Å². The predicted molar refractivity (Wildman–Crippen MR) is 85.0 cm³/mol. The molecule has 0 heterocycles. The molecule has 0 aromatic heterocycles. The average molecular weight is 356 g/mol. The van der Waals surface area contributed by atoms with Crippen LogP contribution in [-0.4, -0.2) is 18.4 Å². The lowest BCUT2D eigenvalue weighted by molar-refractivity contribution is 0.372. The number of phenolic OH excluding ortho intramolecular Hbond substituents is 1. The number of phenols is 1. The molecule has 0 atom stereocenters. The van der Waals surface area contributed by atoms with Crippen molar-refractivity contribution >= 4 is 39.4 Å². The molecule has 104 valence electrons. The number of nitrogens with zero attached hydrogens (tertiary/aromatic N) is 1. The summed E-state index contributed by atoms with van der Waals surface area (Å²) in [5, 5.41) is 14.5. The van der Waals surface area contributed by atoms with Crippen molar-refractivity contribution in [3.63, 3.8) is 0 Å². The molecule has 0 saturated carbocycles. The standard InChI is InChI=1S/C14H12BrClN2O2/c1-20-13-7-9(6-12(15)14(13)19)8-17-18-11-4-2-10(16)3-5-11/h2-8,18-19H,1H3. The molecule has 0 aliphatic rings. The van der Waals surface area contributed by atoms with E-state index in [0.29, 0.717) is 15.2 Å². The van der Waals surface area contributed by atoms with Crippen molar-refractivity contribution in [2.45, 2.75) is 0 Å². The third-order valence-corrected chi connectivity index (χ3v) is 3.38. The molecule has 0 fully saturated rings. The van der Waals surface area contributed by atoms with Gasteiger partial charge in [0, 0.05) is 5.02 Å². The van der Waals surface area contributed by atoms with Gasteiger partial charge in [0.25, 0.3) is 0 Å². The molecule has 4 nitrogen and oxygen atoms in total. The fraction of sp³-hybridized carbons (Fsp3) is 0.0714. The van der Waals surface area contributed by atoms with E-state index in [1.54, 1.807) is 30.5 Å². The van der Waals surface area contributed by atoms with Gasteiger partial charge in [0.1, 0.15) is 0 Å². The molecule has 0 saturated heterocycles. The molecule has 2 aromatic carbocycles. The highest BCUT2D eigenvalue weighted by molar-refractivity contribution is 9.10. The predicted octanol–water partition coefficient (Wildman–Crippen LogP) is 4.26. The Bertz CT molecular complexity index is 630. The zero-order valence-corrected chi connectivity index (χ0v) is 12.9. The summed E-state index contributed by atoms with van der Waals surface area (Å²) in [4.78, 5) is 0. The highest BCUT2D eigenvalue weighted by Crippen LogP contribution is 2.34. The van der Waals surface area contributed by atoms with E-state index < -0.39 is 0 Å². The summed E-state index contributed by atoms with van der Waals surface area (Å²) in [7, 11) is 1.49. The fourth-order valence-electron chi connectivity index (χ4n) is 1.53. The van der Waals surface area contributed by atoms with Gasteiger partial charge in [0.05, 0.1) is 23.5 Å². The summed E-state index contributed by atoms with van der Waals surface area (Å²) in [5.41, 5.74) is 4.50. The van der Waals surface area contributed by atoms with Crippen molar-refractivity contribution < 1.29 is 9.84 Å². The first kappa shape index (κ1) is 14.7. The van der Waals surface area contributed by atoms with E-state index in [-0.39, 0.29) is 5.75 Å². The zero-order valence-electron chi connectivity index (χ0n) is 10.6. The van der Waals surface area contributed by atoms with Crippen molar-refractivity contribution in [3.05, 3.63) is 51.5 Å². The van der Waals surface area contributed by atoms with Gasteiger partial charge >= 0.3 is 0 Å². The van der Waals surface area contributed by atoms with Crippen LogP contribution in [0.2, 0.25) is 5.02 Å². The molecule has 0 bridgehead atoms. The Hall–Kier alpha value is -1.72. The van der Waals surface area contributed by atoms with Gasteiger partial charge in [0.2, 0.25) is 0 Å². The van der Waals surface area contributed by atoms with Crippen molar-refractivity contribution in [2.24, 2.45) is 5.10 Å². The number of anilines is 1. The summed E-state index contributed by atoms with van der Waals surface area (Å²) in [6.07, 6.45) is 1.63. The second-order valence-electron chi connectivity index (χ2n) is 3.93. The summed E-state index contributed by atoms with van der Waals surface area (Å²) in [6, 6.07) is 10.6. The number of ether oxygens (including phenoxy) is 1. The van der Waals surface area contributed by atoms with Crippen molar-refractivity contribution in [1.29, 1.82) is 0 Å². The Balaban J connectivity index is 2.11. The fourth-order valence-corrected chi connectivity index (χ4v) is 2.12. The van der Waals surface area contributed by atoms with Gasteiger partial charge in [0.15, 0.2) is 11.5 Å². The monoisotopic (exact) mass is 354 g/mol. The second-order valence-corrected chi connectivity index (χ2v) is 5.22. The van der Waals surface area contributed by atoms with Crippen LogP contribution in [-0.2, 0) is 0 Å². The van der Waals surface area contributed by atoms with Gasteiger partial charge < -0.3 is 9.84 Å². The van der Waals surface area contributed by atoms with E-state index in [2.05, 4.69) is 26.5 Å². The lowest BCUT2D eigenvalue weighted by Crippen LogP contribution is -1.92. The minimum Gasteiger partial charge on any atom is -0.503 e. The Morgan fingerprint density at radius 1 is 1.30 bits per heavy atom. The molecule has 0 aliphatic carbocycles. The van der Waals surface area contributed by atoms with Gasteiger partial charge in [-0.1, -0.05) is 11.6 Å². The highest BCUT2D eigenvalue weighted by Gasteiger charge is 2.07. The van der Waals surface area contributed by atoms with E-state index in [1.165, 1.54) is 7.11 Å². The number of aromatic hydroxyl groups is 1. The van der Waals surface area contributed by atoms with Gasteiger partial charge in [-0.05, 0) is 57.9 Å². The number of benzene rings is 2. The maximum absolute atomic E-state index is 9.71. The van der Waals surface area contributed by atoms with Gasteiger partial charge in [-0.15, -0.1) is 0 Å². The van der Waals surface area contributed by atoms with E-state index in [1.807, 2.05) is 12.1 Å². The zero-order chi connectivity index (χ0) is 14.5. The summed E-state index contributed by atoms with van der Waals surface area (Å²) >= 11 is 9.05. The largest absolute Gasteiger partial charge is 0.503 e.